The number of allylic oxidation sites excluding steroid dienone is 5. The molecule has 1 rings (SSSR count). The van der Waals surface area contributed by atoms with Crippen molar-refractivity contribution in [3.63, 3.8) is 0 Å². The maximum atomic E-state index is 12.9. The summed E-state index contributed by atoms with van der Waals surface area (Å²) in [5.74, 6) is -0.247. The van der Waals surface area contributed by atoms with Crippen LogP contribution in [0.2, 0.25) is 0 Å². The lowest BCUT2D eigenvalue weighted by Gasteiger charge is -2.40. The van der Waals surface area contributed by atoms with E-state index in [0.717, 1.165) is 103 Å². The van der Waals surface area contributed by atoms with E-state index in [1.54, 1.807) is 6.08 Å². The van der Waals surface area contributed by atoms with Gasteiger partial charge < -0.3 is 45.1 Å². The maximum absolute atomic E-state index is 12.9. The van der Waals surface area contributed by atoms with Crippen LogP contribution in [0.15, 0.2) is 36.5 Å². The second-order valence-electron chi connectivity index (χ2n) is 18.6. The van der Waals surface area contributed by atoms with Gasteiger partial charge in [-0.2, -0.15) is 0 Å². The van der Waals surface area contributed by atoms with Crippen LogP contribution < -0.4 is 5.32 Å². The number of carbonyl (C=O) groups is 2. The molecule has 7 unspecified atom stereocenters. The van der Waals surface area contributed by atoms with E-state index < -0.39 is 49.5 Å². The summed E-state index contributed by atoms with van der Waals surface area (Å²) >= 11 is 0. The number of carbonyl (C=O) groups excluding carboxylic acids is 2. The fraction of sp³-hybridized carbons (Fsp3) is 0.852. The second kappa shape index (κ2) is 44.4. The number of aliphatic hydroxyl groups excluding tert-OH is 5. The number of rotatable bonds is 45. The van der Waals surface area contributed by atoms with Gasteiger partial charge in [-0.05, 0) is 64.2 Å². The largest absolute Gasteiger partial charge is 0.466 e. The summed E-state index contributed by atoms with van der Waals surface area (Å²) in [7, 11) is 0. The molecule has 7 atom stereocenters. The predicted molar refractivity (Wildman–Crippen MR) is 264 cm³/mol. The molecule has 1 heterocycles. The molecule has 0 saturated carbocycles. The van der Waals surface area contributed by atoms with Gasteiger partial charge in [-0.25, -0.2) is 0 Å². The lowest BCUT2D eigenvalue weighted by molar-refractivity contribution is -0.302. The van der Waals surface area contributed by atoms with Gasteiger partial charge in [-0.1, -0.05) is 192 Å². The number of hydrogen-bond donors (Lipinski definition) is 6. The number of unbranched alkanes of at least 4 members (excludes halogenated alkanes) is 28. The first-order valence-electron chi connectivity index (χ1n) is 26.8. The molecule has 0 aliphatic carbocycles. The summed E-state index contributed by atoms with van der Waals surface area (Å²) in [6.07, 6.45) is 42.3. The normalized spacial score (nSPS) is 20.0. The molecule has 0 spiro atoms. The van der Waals surface area contributed by atoms with Crippen LogP contribution in [0.5, 0.6) is 0 Å². The van der Waals surface area contributed by atoms with Crippen molar-refractivity contribution >= 4 is 11.9 Å². The van der Waals surface area contributed by atoms with E-state index in [2.05, 4.69) is 43.5 Å². The number of ether oxygens (including phenoxy) is 3. The van der Waals surface area contributed by atoms with E-state index in [-0.39, 0.29) is 18.5 Å². The van der Waals surface area contributed by atoms with Crippen LogP contribution in [0.4, 0.5) is 0 Å². The maximum Gasteiger partial charge on any atom is 0.305 e. The first-order valence-corrected chi connectivity index (χ1v) is 26.8. The Labute approximate surface area is 396 Å². The zero-order valence-electron chi connectivity index (χ0n) is 41.4. The van der Waals surface area contributed by atoms with Gasteiger partial charge in [0.05, 0.1) is 32.0 Å². The van der Waals surface area contributed by atoms with Gasteiger partial charge in [0.15, 0.2) is 6.29 Å². The Morgan fingerprint density at radius 1 is 0.569 bits per heavy atom. The van der Waals surface area contributed by atoms with Crippen LogP contribution in [0.1, 0.15) is 232 Å². The van der Waals surface area contributed by atoms with Crippen molar-refractivity contribution in [2.24, 2.45) is 0 Å². The topological polar surface area (TPSA) is 175 Å². The molecular weight excluding hydrogens is 823 g/mol. The molecule has 1 aliphatic heterocycles. The first kappa shape index (κ1) is 60.9. The molecular formula is C54H99NO10. The van der Waals surface area contributed by atoms with Crippen LogP contribution in [0.25, 0.3) is 0 Å². The van der Waals surface area contributed by atoms with E-state index >= 15 is 0 Å². The quantitative estimate of drug-likeness (QED) is 0.0149. The van der Waals surface area contributed by atoms with Crippen molar-refractivity contribution in [1.82, 2.24) is 5.32 Å². The smallest absolute Gasteiger partial charge is 0.305 e. The SMILES string of the molecule is CCCCCCCCC/C=C/C(O)C(COC1OC(CO)C(O)C(O)C1O)NC(=O)CCCCCCCC/C=C\C=C/CCCCCOC(=O)CCCCCCCCCCCCCCC. The summed E-state index contributed by atoms with van der Waals surface area (Å²) in [5.41, 5.74) is 0. The van der Waals surface area contributed by atoms with Crippen LogP contribution in [0, 0.1) is 0 Å². The van der Waals surface area contributed by atoms with Gasteiger partial charge in [0.25, 0.3) is 0 Å². The molecule has 0 aromatic heterocycles. The minimum absolute atomic E-state index is 0.0402. The molecule has 65 heavy (non-hydrogen) atoms. The highest BCUT2D eigenvalue weighted by Crippen LogP contribution is 2.23. The molecule has 1 amide bonds. The molecule has 0 aromatic carbocycles. The van der Waals surface area contributed by atoms with Crippen molar-refractivity contribution in [3.8, 4) is 0 Å². The fourth-order valence-electron chi connectivity index (χ4n) is 8.19. The Kier molecular flexibility index (Phi) is 41.6. The van der Waals surface area contributed by atoms with Crippen molar-refractivity contribution < 1.29 is 49.3 Å². The molecule has 0 radical (unpaired) electrons. The molecule has 380 valence electrons. The molecule has 1 saturated heterocycles. The highest BCUT2D eigenvalue weighted by molar-refractivity contribution is 5.76. The third-order valence-corrected chi connectivity index (χ3v) is 12.5. The lowest BCUT2D eigenvalue weighted by atomic mass is 9.99. The summed E-state index contributed by atoms with van der Waals surface area (Å²) in [6, 6.07) is -0.824. The number of esters is 1. The van der Waals surface area contributed by atoms with Gasteiger partial charge in [-0.3, -0.25) is 9.59 Å². The van der Waals surface area contributed by atoms with E-state index in [1.165, 1.54) is 103 Å². The minimum atomic E-state index is -1.58. The first-order chi connectivity index (χ1) is 31.7. The molecule has 6 N–H and O–H groups in total. The van der Waals surface area contributed by atoms with E-state index in [4.69, 9.17) is 14.2 Å². The van der Waals surface area contributed by atoms with Crippen LogP contribution in [-0.2, 0) is 23.8 Å². The van der Waals surface area contributed by atoms with E-state index in [1.807, 2.05) is 6.08 Å². The van der Waals surface area contributed by atoms with Gasteiger partial charge in [0, 0.05) is 12.8 Å². The van der Waals surface area contributed by atoms with Gasteiger partial charge in [0.2, 0.25) is 5.91 Å². The summed E-state index contributed by atoms with van der Waals surface area (Å²) in [4.78, 5) is 25.0. The molecule has 1 aliphatic rings. The average molecular weight is 922 g/mol. The number of amides is 1. The van der Waals surface area contributed by atoms with Gasteiger partial charge in [0.1, 0.15) is 24.4 Å². The number of aliphatic hydroxyl groups is 5. The Morgan fingerprint density at radius 2 is 1.02 bits per heavy atom. The van der Waals surface area contributed by atoms with Crippen molar-refractivity contribution in [3.05, 3.63) is 36.5 Å². The summed E-state index contributed by atoms with van der Waals surface area (Å²) < 4.78 is 16.6. The number of nitrogens with one attached hydrogen (secondary N) is 1. The second-order valence-corrected chi connectivity index (χ2v) is 18.6. The highest BCUT2D eigenvalue weighted by Gasteiger charge is 2.44. The Balaban J connectivity index is 2.14. The monoisotopic (exact) mass is 922 g/mol. The number of hydrogen-bond acceptors (Lipinski definition) is 10. The zero-order chi connectivity index (χ0) is 47.4. The Bertz CT molecular complexity index is 1180. The van der Waals surface area contributed by atoms with Gasteiger partial charge in [-0.15, -0.1) is 0 Å². The van der Waals surface area contributed by atoms with Crippen LogP contribution in [-0.4, -0.2) is 100 Å². The fourth-order valence-corrected chi connectivity index (χ4v) is 8.19. The minimum Gasteiger partial charge on any atom is -0.466 e. The van der Waals surface area contributed by atoms with Crippen LogP contribution >= 0.6 is 0 Å². The lowest BCUT2D eigenvalue weighted by Crippen LogP contribution is -2.60. The third kappa shape index (κ3) is 34.8. The predicted octanol–water partition coefficient (Wildman–Crippen LogP) is 11.2. The van der Waals surface area contributed by atoms with E-state index in [9.17, 15) is 35.1 Å². The van der Waals surface area contributed by atoms with Crippen molar-refractivity contribution in [2.75, 3.05) is 19.8 Å². The molecule has 11 nitrogen and oxygen atoms in total. The van der Waals surface area contributed by atoms with Crippen molar-refractivity contribution in [1.29, 1.82) is 0 Å². The third-order valence-electron chi connectivity index (χ3n) is 12.5. The standard InChI is InChI=1S/C54H99NO10/c1-3-5-7-9-11-13-14-18-22-26-30-34-38-42-50(59)63-43-39-35-31-27-23-20-17-15-16-19-21-25-29-33-37-41-49(58)55-46(47(57)40-36-32-28-24-12-10-8-6-4-2)45-64-54-53(62)52(61)51(60)48(44-56)65-54/h15,17,20,23,36,40,46-48,51-54,56-57,60-62H,3-14,16,18-19,21-22,24-35,37-39,41-45H2,1-2H3,(H,55,58)/b17-15-,23-20-,40-36+. The average Bonchev–Trinajstić information content (AvgIpc) is 3.30. The molecule has 0 aromatic rings. The molecule has 11 heteroatoms. The van der Waals surface area contributed by atoms with Crippen LogP contribution in [0.3, 0.4) is 0 Å². The molecule has 0 bridgehead atoms. The Morgan fingerprint density at radius 3 is 1.52 bits per heavy atom. The Hall–Kier alpha value is -2.12. The summed E-state index contributed by atoms with van der Waals surface area (Å²) in [5, 5.41) is 54.1. The zero-order valence-corrected chi connectivity index (χ0v) is 41.4. The van der Waals surface area contributed by atoms with E-state index in [0.29, 0.717) is 19.4 Å². The van der Waals surface area contributed by atoms with Crippen molar-refractivity contribution in [2.45, 2.75) is 275 Å². The summed E-state index contributed by atoms with van der Waals surface area (Å²) in [6.45, 7) is 4.23. The molecule has 1 fully saturated rings. The highest BCUT2D eigenvalue weighted by atomic mass is 16.7. The van der Waals surface area contributed by atoms with Gasteiger partial charge >= 0.3 is 5.97 Å².